The number of amides is 1. The average molecular weight is 326 g/mol. The molecule has 0 spiro atoms. The van der Waals surface area contributed by atoms with Crippen molar-refractivity contribution < 1.29 is 4.79 Å². The maximum atomic E-state index is 12.8. The van der Waals surface area contributed by atoms with Crippen molar-refractivity contribution in [3.63, 3.8) is 0 Å². The summed E-state index contributed by atoms with van der Waals surface area (Å²) in [6.07, 6.45) is 6.73. The van der Waals surface area contributed by atoms with Gasteiger partial charge in [-0.15, -0.1) is 0 Å². The normalized spacial score (nSPS) is 10.6. The molecular formula is C20H14N4O. The molecule has 3 aromatic heterocycles. The van der Waals surface area contributed by atoms with E-state index in [0.29, 0.717) is 16.9 Å². The van der Waals surface area contributed by atoms with Crippen LogP contribution in [0.2, 0.25) is 0 Å². The fraction of sp³-hybridized carbons (Fsp3) is 0. The Kier molecular flexibility index (Phi) is 3.88. The monoisotopic (exact) mass is 326 g/mol. The minimum absolute atomic E-state index is 0.185. The molecule has 1 aromatic carbocycles. The van der Waals surface area contributed by atoms with E-state index in [1.165, 1.54) is 0 Å². The highest BCUT2D eigenvalue weighted by atomic mass is 16.1. The predicted molar refractivity (Wildman–Crippen MR) is 97.2 cm³/mol. The van der Waals surface area contributed by atoms with Gasteiger partial charge >= 0.3 is 0 Å². The van der Waals surface area contributed by atoms with Crippen molar-refractivity contribution in [2.45, 2.75) is 0 Å². The number of pyridine rings is 3. The fourth-order valence-corrected chi connectivity index (χ4v) is 2.66. The van der Waals surface area contributed by atoms with Crippen LogP contribution < -0.4 is 5.32 Å². The first-order valence-corrected chi connectivity index (χ1v) is 7.83. The van der Waals surface area contributed by atoms with Gasteiger partial charge in [0.1, 0.15) is 0 Å². The summed E-state index contributed by atoms with van der Waals surface area (Å²) in [5.74, 6) is -0.185. The highest BCUT2D eigenvalue weighted by Crippen LogP contribution is 2.25. The van der Waals surface area contributed by atoms with E-state index >= 15 is 0 Å². The lowest BCUT2D eigenvalue weighted by atomic mass is 10.0. The van der Waals surface area contributed by atoms with E-state index in [1.807, 2.05) is 36.4 Å². The molecule has 0 aliphatic rings. The van der Waals surface area contributed by atoms with Crippen LogP contribution in [0.5, 0.6) is 0 Å². The summed E-state index contributed by atoms with van der Waals surface area (Å²) >= 11 is 0. The topological polar surface area (TPSA) is 67.8 Å². The molecule has 0 atom stereocenters. The minimum Gasteiger partial charge on any atom is -0.322 e. The van der Waals surface area contributed by atoms with E-state index in [9.17, 15) is 4.79 Å². The van der Waals surface area contributed by atoms with Gasteiger partial charge in [0.25, 0.3) is 5.91 Å². The quantitative estimate of drug-likeness (QED) is 0.619. The van der Waals surface area contributed by atoms with Crippen molar-refractivity contribution in [1.82, 2.24) is 15.0 Å². The van der Waals surface area contributed by atoms with Crippen LogP contribution in [0.1, 0.15) is 10.4 Å². The standard InChI is InChI=1S/C20H14N4O/c25-20(23-15-7-10-21-11-8-15)17-12-19(14-4-3-9-22-13-14)24-18-6-2-1-5-16(17)18/h1-13H,(H,21,23,25). The molecule has 0 unspecified atom stereocenters. The number of rotatable bonds is 3. The van der Waals surface area contributed by atoms with Gasteiger partial charge in [0.15, 0.2) is 0 Å². The van der Waals surface area contributed by atoms with Gasteiger partial charge in [0.05, 0.1) is 16.8 Å². The van der Waals surface area contributed by atoms with E-state index < -0.39 is 0 Å². The van der Waals surface area contributed by atoms with Crippen LogP contribution in [0.25, 0.3) is 22.2 Å². The van der Waals surface area contributed by atoms with Crippen molar-refractivity contribution >= 4 is 22.5 Å². The van der Waals surface area contributed by atoms with Crippen molar-refractivity contribution in [2.75, 3.05) is 5.32 Å². The number of nitrogens with zero attached hydrogens (tertiary/aromatic N) is 3. The summed E-state index contributed by atoms with van der Waals surface area (Å²) in [6.45, 7) is 0. The highest BCUT2D eigenvalue weighted by Gasteiger charge is 2.14. The second-order valence-electron chi connectivity index (χ2n) is 5.50. The Labute approximate surface area is 144 Å². The Morgan fingerprint density at radius 3 is 2.52 bits per heavy atom. The molecule has 4 aromatic rings. The largest absolute Gasteiger partial charge is 0.322 e. The zero-order chi connectivity index (χ0) is 17.1. The van der Waals surface area contributed by atoms with Gasteiger partial charge in [-0.1, -0.05) is 18.2 Å². The number of carbonyl (C=O) groups excluding carboxylic acids is 1. The summed E-state index contributed by atoms with van der Waals surface area (Å²) in [7, 11) is 0. The summed E-state index contributed by atoms with van der Waals surface area (Å²) < 4.78 is 0. The molecule has 3 heterocycles. The maximum Gasteiger partial charge on any atom is 0.256 e. The molecule has 0 bridgehead atoms. The summed E-state index contributed by atoms with van der Waals surface area (Å²) in [6, 6.07) is 16.7. The first-order valence-electron chi connectivity index (χ1n) is 7.83. The number of aromatic nitrogens is 3. The van der Waals surface area contributed by atoms with Gasteiger partial charge in [0.2, 0.25) is 0 Å². The molecule has 5 nitrogen and oxygen atoms in total. The molecule has 0 saturated carbocycles. The van der Waals surface area contributed by atoms with Gasteiger partial charge in [-0.2, -0.15) is 0 Å². The first kappa shape index (κ1) is 15.0. The van der Waals surface area contributed by atoms with Crippen molar-refractivity contribution in [3.8, 4) is 11.3 Å². The number of carbonyl (C=O) groups is 1. The lowest BCUT2D eigenvalue weighted by Gasteiger charge is -2.10. The molecule has 25 heavy (non-hydrogen) atoms. The van der Waals surface area contributed by atoms with Gasteiger partial charge in [-0.05, 0) is 36.4 Å². The minimum atomic E-state index is -0.185. The lowest BCUT2D eigenvalue weighted by molar-refractivity contribution is 0.102. The molecule has 0 aliphatic heterocycles. The number of para-hydroxylation sites is 1. The van der Waals surface area contributed by atoms with E-state index in [4.69, 9.17) is 0 Å². The molecular weight excluding hydrogens is 312 g/mol. The Morgan fingerprint density at radius 1 is 0.880 bits per heavy atom. The van der Waals surface area contributed by atoms with E-state index in [2.05, 4.69) is 20.3 Å². The Hall–Kier alpha value is -3.60. The lowest BCUT2D eigenvalue weighted by Crippen LogP contribution is -2.13. The summed E-state index contributed by atoms with van der Waals surface area (Å²) in [5.41, 5.74) is 3.62. The molecule has 0 radical (unpaired) electrons. The van der Waals surface area contributed by atoms with Gasteiger partial charge in [0, 0.05) is 41.4 Å². The fourth-order valence-electron chi connectivity index (χ4n) is 2.66. The third-order valence-electron chi connectivity index (χ3n) is 3.86. The number of hydrogen-bond donors (Lipinski definition) is 1. The van der Waals surface area contributed by atoms with E-state index in [0.717, 1.165) is 16.5 Å². The molecule has 120 valence electrons. The molecule has 1 amide bonds. The van der Waals surface area contributed by atoms with E-state index in [1.54, 1.807) is 43.0 Å². The third-order valence-corrected chi connectivity index (χ3v) is 3.86. The summed E-state index contributed by atoms with van der Waals surface area (Å²) in [4.78, 5) is 25.6. The van der Waals surface area contributed by atoms with Crippen molar-refractivity contribution in [2.24, 2.45) is 0 Å². The van der Waals surface area contributed by atoms with Crippen LogP contribution in [0, 0.1) is 0 Å². The van der Waals surface area contributed by atoms with Crippen molar-refractivity contribution in [3.05, 3.63) is 84.9 Å². The highest BCUT2D eigenvalue weighted by molar-refractivity contribution is 6.13. The van der Waals surface area contributed by atoms with Crippen LogP contribution >= 0.6 is 0 Å². The molecule has 0 saturated heterocycles. The SMILES string of the molecule is O=C(Nc1ccncc1)c1cc(-c2cccnc2)nc2ccccc12. The number of hydrogen-bond acceptors (Lipinski definition) is 4. The Bertz CT molecular complexity index is 1030. The average Bonchev–Trinajstić information content (AvgIpc) is 2.68. The smallest absolute Gasteiger partial charge is 0.256 e. The summed E-state index contributed by atoms with van der Waals surface area (Å²) in [5, 5.41) is 3.71. The Balaban J connectivity index is 1.83. The predicted octanol–water partition coefficient (Wildman–Crippen LogP) is 3.94. The van der Waals surface area contributed by atoms with Crippen LogP contribution in [0.15, 0.2) is 79.4 Å². The second kappa shape index (κ2) is 6.49. The van der Waals surface area contributed by atoms with Gasteiger partial charge < -0.3 is 5.32 Å². The zero-order valence-electron chi connectivity index (χ0n) is 13.3. The number of nitrogens with one attached hydrogen (secondary N) is 1. The van der Waals surface area contributed by atoms with Gasteiger partial charge in [-0.3, -0.25) is 14.8 Å². The molecule has 0 aliphatic carbocycles. The van der Waals surface area contributed by atoms with Gasteiger partial charge in [-0.25, -0.2) is 4.98 Å². The second-order valence-corrected chi connectivity index (χ2v) is 5.50. The maximum absolute atomic E-state index is 12.8. The number of fused-ring (bicyclic) bond motifs is 1. The van der Waals surface area contributed by atoms with Crippen LogP contribution in [-0.2, 0) is 0 Å². The Morgan fingerprint density at radius 2 is 1.72 bits per heavy atom. The number of anilines is 1. The van der Waals surface area contributed by atoms with Crippen LogP contribution in [-0.4, -0.2) is 20.9 Å². The van der Waals surface area contributed by atoms with Crippen LogP contribution in [0.3, 0.4) is 0 Å². The van der Waals surface area contributed by atoms with Crippen LogP contribution in [0.4, 0.5) is 5.69 Å². The number of benzene rings is 1. The molecule has 1 N–H and O–H groups in total. The molecule has 0 fully saturated rings. The van der Waals surface area contributed by atoms with E-state index in [-0.39, 0.29) is 5.91 Å². The third kappa shape index (κ3) is 3.07. The molecule has 5 heteroatoms. The molecule has 4 rings (SSSR count). The van der Waals surface area contributed by atoms with Crippen molar-refractivity contribution in [1.29, 1.82) is 0 Å². The zero-order valence-corrected chi connectivity index (χ0v) is 13.3. The first-order chi connectivity index (χ1) is 12.3.